The SMILES string of the molecule is CNCc1ccccc1[C@H](O)N1CCC(Oc2ccc(C)cn2)C1. The van der Waals surface area contributed by atoms with Gasteiger partial charge in [0.15, 0.2) is 0 Å². The molecule has 1 aromatic carbocycles. The van der Waals surface area contributed by atoms with Gasteiger partial charge in [0, 0.05) is 31.9 Å². The predicted octanol–water partition coefficient (Wildman–Crippen LogP) is 2.25. The molecule has 0 radical (unpaired) electrons. The molecule has 2 heterocycles. The Kier molecular flexibility index (Phi) is 5.45. The van der Waals surface area contributed by atoms with Crippen LogP contribution in [-0.2, 0) is 6.54 Å². The van der Waals surface area contributed by atoms with Crippen LogP contribution in [0.1, 0.15) is 29.3 Å². The highest BCUT2D eigenvalue weighted by Crippen LogP contribution is 2.27. The Morgan fingerprint density at radius 2 is 2.17 bits per heavy atom. The zero-order valence-electron chi connectivity index (χ0n) is 14.3. The Balaban J connectivity index is 1.63. The maximum Gasteiger partial charge on any atom is 0.213 e. The van der Waals surface area contributed by atoms with E-state index in [4.69, 9.17) is 4.74 Å². The summed E-state index contributed by atoms with van der Waals surface area (Å²) in [5, 5.41) is 13.9. The molecule has 1 unspecified atom stereocenters. The Morgan fingerprint density at radius 1 is 1.33 bits per heavy atom. The number of nitrogens with one attached hydrogen (secondary N) is 1. The highest BCUT2D eigenvalue weighted by Gasteiger charge is 2.30. The minimum atomic E-state index is -0.603. The van der Waals surface area contributed by atoms with Crippen molar-refractivity contribution >= 4 is 0 Å². The van der Waals surface area contributed by atoms with E-state index in [1.54, 1.807) is 0 Å². The van der Waals surface area contributed by atoms with Crippen molar-refractivity contribution in [3.05, 3.63) is 59.3 Å². The van der Waals surface area contributed by atoms with Crippen LogP contribution in [0.3, 0.4) is 0 Å². The van der Waals surface area contributed by atoms with E-state index < -0.39 is 6.23 Å². The minimum Gasteiger partial charge on any atom is -0.473 e. The summed E-state index contributed by atoms with van der Waals surface area (Å²) in [6, 6.07) is 11.9. The molecule has 24 heavy (non-hydrogen) atoms. The monoisotopic (exact) mass is 327 g/mol. The summed E-state index contributed by atoms with van der Waals surface area (Å²) in [5.41, 5.74) is 3.20. The Morgan fingerprint density at radius 3 is 2.92 bits per heavy atom. The second kappa shape index (κ2) is 7.75. The van der Waals surface area contributed by atoms with Crippen LogP contribution in [0.25, 0.3) is 0 Å². The van der Waals surface area contributed by atoms with Gasteiger partial charge in [-0.2, -0.15) is 0 Å². The fraction of sp³-hybridized carbons (Fsp3) is 0.421. The van der Waals surface area contributed by atoms with Gasteiger partial charge in [0.1, 0.15) is 12.3 Å². The van der Waals surface area contributed by atoms with Crippen molar-refractivity contribution in [3.8, 4) is 5.88 Å². The van der Waals surface area contributed by atoms with E-state index in [9.17, 15) is 5.11 Å². The summed E-state index contributed by atoms with van der Waals surface area (Å²) in [4.78, 5) is 6.36. The zero-order valence-corrected chi connectivity index (χ0v) is 14.3. The van der Waals surface area contributed by atoms with Crippen LogP contribution in [0.2, 0.25) is 0 Å². The fourth-order valence-electron chi connectivity index (χ4n) is 3.10. The fourth-order valence-corrected chi connectivity index (χ4v) is 3.10. The molecule has 1 aliphatic rings. The third kappa shape index (κ3) is 3.93. The average Bonchev–Trinajstić information content (AvgIpc) is 3.06. The Labute approximate surface area is 143 Å². The number of nitrogens with zero attached hydrogens (tertiary/aromatic N) is 2. The molecule has 3 rings (SSSR count). The normalized spacial score (nSPS) is 19.4. The first-order chi connectivity index (χ1) is 11.7. The standard InChI is InChI=1S/C19H25N3O2/c1-14-7-8-18(21-11-14)24-16-9-10-22(13-16)19(23)17-6-4-3-5-15(17)12-20-2/h3-8,11,16,19-20,23H,9-10,12-13H2,1-2H3/t16?,19-/m0/s1. The summed E-state index contributed by atoms with van der Waals surface area (Å²) in [7, 11) is 1.91. The highest BCUT2D eigenvalue weighted by atomic mass is 16.5. The number of benzene rings is 1. The van der Waals surface area contributed by atoms with Gasteiger partial charge >= 0.3 is 0 Å². The molecule has 1 fully saturated rings. The number of ether oxygens (including phenoxy) is 1. The van der Waals surface area contributed by atoms with Gasteiger partial charge in [0.05, 0.1) is 0 Å². The molecule has 1 aromatic heterocycles. The van der Waals surface area contributed by atoms with Crippen molar-refractivity contribution < 1.29 is 9.84 Å². The molecule has 0 saturated carbocycles. The maximum atomic E-state index is 10.8. The van der Waals surface area contributed by atoms with Crippen molar-refractivity contribution in [2.24, 2.45) is 0 Å². The molecule has 0 bridgehead atoms. The number of aliphatic hydroxyl groups excluding tert-OH is 1. The van der Waals surface area contributed by atoms with Crippen molar-refractivity contribution in [2.45, 2.75) is 32.2 Å². The second-order valence-electron chi connectivity index (χ2n) is 6.30. The molecule has 5 heteroatoms. The number of pyridine rings is 1. The number of hydrogen-bond donors (Lipinski definition) is 2. The first kappa shape index (κ1) is 16.9. The summed E-state index contributed by atoms with van der Waals surface area (Å²) in [6.07, 6.45) is 2.16. The second-order valence-corrected chi connectivity index (χ2v) is 6.30. The molecule has 128 valence electrons. The van der Waals surface area contributed by atoms with Gasteiger partial charge in [-0.25, -0.2) is 4.98 Å². The quantitative estimate of drug-likeness (QED) is 0.852. The van der Waals surface area contributed by atoms with Gasteiger partial charge in [0.25, 0.3) is 0 Å². The molecule has 1 saturated heterocycles. The third-order valence-corrected chi connectivity index (χ3v) is 4.39. The van der Waals surface area contributed by atoms with Crippen molar-refractivity contribution in [2.75, 3.05) is 20.1 Å². The Bertz CT molecular complexity index is 660. The molecule has 1 aliphatic heterocycles. The average molecular weight is 327 g/mol. The van der Waals surface area contributed by atoms with Gasteiger partial charge in [-0.15, -0.1) is 0 Å². The summed E-state index contributed by atoms with van der Waals surface area (Å²) in [5.74, 6) is 0.650. The van der Waals surface area contributed by atoms with Crippen molar-refractivity contribution in [1.82, 2.24) is 15.2 Å². The first-order valence-electron chi connectivity index (χ1n) is 8.41. The lowest BCUT2D eigenvalue weighted by Gasteiger charge is -2.25. The molecule has 2 N–H and O–H groups in total. The van der Waals surface area contributed by atoms with Gasteiger partial charge in [-0.1, -0.05) is 30.3 Å². The van der Waals surface area contributed by atoms with Gasteiger partial charge in [-0.05, 0) is 37.1 Å². The van der Waals surface area contributed by atoms with Crippen molar-refractivity contribution in [3.63, 3.8) is 0 Å². The van der Waals surface area contributed by atoms with E-state index in [1.807, 2.05) is 50.5 Å². The van der Waals surface area contributed by atoms with Gasteiger partial charge < -0.3 is 15.2 Å². The number of aliphatic hydroxyl groups is 1. The van der Waals surface area contributed by atoms with E-state index in [2.05, 4.69) is 21.3 Å². The minimum absolute atomic E-state index is 0.0614. The lowest BCUT2D eigenvalue weighted by atomic mass is 10.1. The number of aromatic nitrogens is 1. The molecular weight excluding hydrogens is 302 g/mol. The van der Waals surface area contributed by atoms with Crippen LogP contribution in [0, 0.1) is 6.92 Å². The number of aryl methyl sites for hydroxylation is 1. The smallest absolute Gasteiger partial charge is 0.213 e. The van der Waals surface area contributed by atoms with E-state index in [-0.39, 0.29) is 6.10 Å². The first-order valence-corrected chi connectivity index (χ1v) is 8.41. The molecule has 0 amide bonds. The molecule has 2 atom stereocenters. The summed E-state index contributed by atoms with van der Waals surface area (Å²) < 4.78 is 5.95. The van der Waals surface area contributed by atoms with Crippen LogP contribution < -0.4 is 10.1 Å². The van der Waals surface area contributed by atoms with Gasteiger partial charge in [0.2, 0.25) is 5.88 Å². The third-order valence-electron chi connectivity index (χ3n) is 4.39. The Hall–Kier alpha value is -1.95. The van der Waals surface area contributed by atoms with Crippen LogP contribution in [-0.4, -0.2) is 41.2 Å². The van der Waals surface area contributed by atoms with E-state index >= 15 is 0 Å². The molecular formula is C19H25N3O2. The number of rotatable bonds is 6. The molecule has 0 spiro atoms. The maximum absolute atomic E-state index is 10.8. The van der Waals surface area contributed by atoms with Crippen LogP contribution >= 0.6 is 0 Å². The molecule has 0 aliphatic carbocycles. The highest BCUT2D eigenvalue weighted by molar-refractivity contribution is 5.29. The lowest BCUT2D eigenvalue weighted by molar-refractivity contribution is 0.0111. The lowest BCUT2D eigenvalue weighted by Crippen LogP contribution is -2.30. The molecule has 5 nitrogen and oxygen atoms in total. The zero-order chi connectivity index (χ0) is 16.9. The molecule has 2 aromatic rings. The largest absolute Gasteiger partial charge is 0.473 e. The van der Waals surface area contributed by atoms with Crippen LogP contribution in [0.4, 0.5) is 0 Å². The summed E-state index contributed by atoms with van der Waals surface area (Å²) >= 11 is 0. The van der Waals surface area contributed by atoms with E-state index in [1.165, 1.54) is 0 Å². The van der Waals surface area contributed by atoms with Crippen LogP contribution in [0.5, 0.6) is 5.88 Å². The van der Waals surface area contributed by atoms with E-state index in [0.29, 0.717) is 12.4 Å². The van der Waals surface area contributed by atoms with E-state index in [0.717, 1.165) is 36.2 Å². The van der Waals surface area contributed by atoms with Gasteiger partial charge in [-0.3, -0.25) is 4.90 Å². The predicted molar refractivity (Wildman–Crippen MR) is 93.7 cm³/mol. The number of likely N-dealkylation sites (tertiary alicyclic amines) is 1. The topological polar surface area (TPSA) is 57.6 Å². The number of hydrogen-bond acceptors (Lipinski definition) is 5. The summed E-state index contributed by atoms with van der Waals surface area (Å²) in [6.45, 7) is 4.26. The van der Waals surface area contributed by atoms with Crippen LogP contribution in [0.15, 0.2) is 42.6 Å². The van der Waals surface area contributed by atoms with Crippen molar-refractivity contribution in [1.29, 1.82) is 0 Å².